The standard InChI is InChI=1S/C26H27N5O3/c1-19(33)29-24-16-21(26(34)30(13-14-32)17-20-7-3-2-4-8-20)15-23-25(24)31(18-28-23)12-10-22-9-5-6-11-27-22/h2-9,11,15-16,18,32H,10,12-14,17H2,1H3,(H,29,33). The van der Waals surface area contributed by atoms with Crippen molar-refractivity contribution in [1.82, 2.24) is 19.4 Å². The predicted octanol–water partition coefficient (Wildman–Crippen LogP) is 3.27. The summed E-state index contributed by atoms with van der Waals surface area (Å²) in [7, 11) is 0. The summed E-state index contributed by atoms with van der Waals surface area (Å²) in [4.78, 5) is 35.8. The van der Waals surface area contributed by atoms with Crippen molar-refractivity contribution >= 4 is 28.5 Å². The van der Waals surface area contributed by atoms with Crippen LogP contribution in [0.1, 0.15) is 28.5 Å². The van der Waals surface area contributed by atoms with Crippen molar-refractivity contribution in [2.45, 2.75) is 26.4 Å². The highest BCUT2D eigenvalue weighted by Gasteiger charge is 2.20. The van der Waals surface area contributed by atoms with E-state index in [4.69, 9.17) is 0 Å². The van der Waals surface area contributed by atoms with Crippen molar-refractivity contribution in [3.63, 3.8) is 0 Å². The van der Waals surface area contributed by atoms with Gasteiger partial charge in [-0.25, -0.2) is 4.98 Å². The van der Waals surface area contributed by atoms with Crippen LogP contribution in [0.4, 0.5) is 5.69 Å². The number of aryl methyl sites for hydroxylation is 2. The molecule has 8 heteroatoms. The molecule has 2 heterocycles. The molecule has 2 N–H and O–H groups in total. The van der Waals surface area contributed by atoms with Crippen molar-refractivity contribution in [1.29, 1.82) is 0 Å². The van der Waals surface area contributed by atoms with Crippen molar-refractivity contribution in [2.24, 2.45) is 0 Å². The lowest BCUT2D eigenvalue weighted by Crippen LogP contribution is -2.33. The van der Waals surface area contributed by atoms with Crippen LogP contribution in [-0.2, 0) is 24.3 Å². The average Bonchev–Trinajstić information content (AvgIpc) is 3.26. The summed E-state index contributed by atoms with van der Waals surface area (Å²) in [6.07, 6.45) is 4.17. The second-order valence-corrected chi connectivity index (χ2v) is 8.02. The van der Waals surface area contributed by atoms with E-state index in [1.54, 1.807) is 29.6 Å². The number of benzene rings is 2. The van der Waals surface area contributed by atoms with E-state index in [9.17, 15) is 14.7 Å². The maximum atomic E-state index is 13.4. The van der Waals surface area contributed by atoms with Crippen LogP contribution in [-0.4, -0.2) is 49.5 Å². The number of fused-ring (bicyclic) bond motifs is 1. The molecular formula is C26H27N5O3. The maximum absolute atomic E-state index is 13.4. The van der Waals surface area contributed by atoms with Crippen LogP contribution in [0.25, 0.3) is 11.0 Å². The van der Waals surface area contributed by atoms with Crippen LogP contribution in [0, 0.1) is 0 Å². The number of hydrogen-bond donors (Lipinski definition) is 2. The van der Waals surface area contributed by atoms with Gasteiger partial charge in [0.15, 0.2) is 0 Å². The fraction of sp³-hybridized carbons (Fsp3) is 0.231. The Morgan fingerprint density at radius 3 is 2.56 bits per heavy atom. The first kappa shape index (κ1) is 23.1. The summed E-state index contributed by atoms with van der Waals surface area (Å²) in [5.41, 5.74) is 4.20. The van der Waals surface area contributed by atoms with Crippen molar-refractivity contribution in [2.75, 3.05) is 18.5 Å². The van der Waals surface area contributed by atoms with Crippen molar-refractivity contribution in [3.05, 3.63) is 90.0 Å². The smallest absolute Gasteiger partial charge is 0.254 e. The Balaban J connectivity index is 1.66. The van der Waals surface area contributed by atoms with E-state index in [2.05, 4.69) is 15.3 Å². The summed E-state index contributed by atoms with van der Waals surface area (Å²) in [6, 6.07) is 18.8. The Morgan fingerprint density at radius 1 is 1.06 bits per heavy atom. The van der Waals surface area contributed by atoms with E-state index in [0.717, 1.165) is 16.8 Å². The van der Waals surface area contributed by atoms with Crippen LogP contribution < -0.4 is 5.32 Å². The van der Waals surface area contributed by atoms with Gasteiger partial charge in [0.05, 0.1) is 29.7 Å². The normalized spacial score (nSPS) is 10.9. The van der Waals surface area contributed by atoms with Crippen LogP contribution in [0.2, 0.25) is 0 Å². The maximum Gasteiger partial charge on any atom is 0.254 e. The van der Waals surface area contributed by atoms with Crippen LogP contribution >= 0.6 is 0 Å². The zero-order valence-electron chi connectivity index (χ0n) is 19.0. The molecule has 4 aromatic rings. The molecule has 174 valence electrons. The molecule has 2 aromatic heterocycles. The number of nitrogens with one attached hydrogen (secondary N) is 1. The Labute approximate surface area is 197 Å². The summed E-state index contributed by atoms with van der Waals surface area (Å²) >= 11 is 0. The lowest BCUT2D eigenvalue weighted by atomic mass is 10.1. The van der Waals surface area contributed by atoms with Gasteiger partial charge >= 0.3 is 0 Å². The molecule has 0 saturated heterocycles. The molecule has 0 spiro atoms. The molecule has 0 bridgehead atoms. The lowest BCUT2D eigenvalue weighted by Gasteiger charge is -2.22. The van der Waals surface area contributed by atoms with Crippen LogP contribution in [0.15, 0.2) is 73.2 Å². The van der Waals surface area contributed by atoms with Gasteiger partial charge < -0.3 is 19.9 Å². The van der Waals surface area contributed by atoms with Crippen LogP contribution in [0.3, 0.4) is 0 Å². The van der Waals surface area contributed by atoms with Crippen molar-refractivity contribution < 1.29 is 14.7 Å². The SMILES string of the molecule is CC(=O)Nc1cc(C(=O)N(CCO)Cc2ccccc2)cc2ncn(CCc3ccccn3)c12. The Bertz CT molecular complexity index is 1270. The Hall–Kier alpha value is -4.04. The molecule has 34 heavy (non-hydrogen) atoms. The number of hydrogen-bond acceptors (Lipinski definition) is 5. The second-order valence-electron chi connectivity index (χ2n) is 8.02. The fourth-order valence-corrected chi connectivity index (χ4v) is 3.93. The minimum absolute atomic E-state index is 0.151. The van der Waals surface area contributed by atoms with Gasteiger partial charge in [0.2, 0.25) is 5.91 Å². The third-order valence-electron chi connectivity index (χ3n) is 5.48. The van der Waals surface area contributed by atoms with Crippen molar-refractivity contribution in [3.8, 4) is 0 Å². The predicted molar refractivity (Wildman–Crippen MR) is 130 cm³/mol. The Kier molecular flexibility index (Phi) is 7.29. The highest BCUT2D eigenvalue weighted by molar-refractivity contribution is 6.05. The fourth-order valence-electron chi connectivity index (χ4n) is 3.93. The number of nitrogens with zero attached hydrogens (tertiary/aromatic N) is 4. The van der Waals surface area contributed by atoms with Gasteiger partial charge in [-0.15, -0.1) is 0 Å². The minimum Gasteiger partial charge on any atom is -0.395 e. The number of aliphatic hydroxyl groups is 1. The van der Waals surface area contributed by atoms with Gasteiger partial charge in [0.25, 0.3) is 5.91 Å². The molecular weight excluding hydrogens is 430 g/mol. The monoisotopic (exact) mass is 457 g/mol. The van der Waals surface area contributed by atoms with E-state index in [0.29, 0.717) is 36.3 Å². The number of anilines is 1. The summed E-state index contributed by atoms with van der Waals surface area (Å²) in [5.74, 6) is -0.477. The third kappa shape index (κ3) is 5.47. The first-order chi connectivity index (χ1) is 16.5. The molecule has 2 amide bonds. The van der Waals surface area contributed by atoms with Gasteiger partial charge in [-0.05, 0) is 29.8 Å². The molecule has 0 aliphatic carbocycles. The molecule has 0 saturated carbocycles. The molecule has 0 atom stereocenters. The molecule has 0 radical (unpaired) electrons. The van der Waals surface area contributed by atoms with Gasteiger partial charge in [0.1, 0.15) is 0 Å². The number of aliphatic hydroxyl groups excluding tert-OH is 1. The van der Waals surface area contributed by atoms with Gasteiger partial charge in [-0.1, -0.05) is 36.4 Å². The lowest BCUT2D eigenvalue weighted by molar-refractivity contribution is -0.114. The first-order valence-electron chi connectivity index (χ1n) is 11.2. The molecule has 0 fully saturated rings. The molecule has 2 aromatic carbocycles. The molecule has 0 aliphatic rings. The number of pyridine rings is 1. The highest BCUT2D eigenvalue weighted by atomic mass is 16.3. The van der Waals surface area contributed by atoms with Gasteiger partial charge in [-0.2, -0.15) is 0 Å². The second kappa shape index (κ2) is 10.7. The summed E-state index contributed by atoms with van der Waals surface area (Å²) < 4.78 is 1.96. The first-order valence-corrected chi connectivity index (χ1v) is 11.2. The van der Waals surface area contributed by atoms with E-state index >= 15 is 0 Å². The van der Waals surface area contributed by atoms with E-state index in [1.807, 2.05) is 53.1 Å². The number of amides is 2. The number of aromatic nitrogens is 3. The highest BCUT2D eigenvalue weighted by Crippen LogP contribution is 2.27. The van der Waals surface area contributed by atoms with Crippen LogP contribution in [0.5, 0.6) is 0 Å². The quantitative estimate of drug-likeness (QED) is 0.402. The van der Waals surface area contributed by atoms with E-state index < -0.39 is 0 Å². The molecule has 0 aliphatic heterocycles. The molecule has 8 nitrogen and oxygen atoms in total. The van der Waals surface area contributed by atoms with E-state index in [1.165, 1.54) is 6.92 Å². The largest absolute Gasteiger partial charge is 0.395 e. The van der Waals surface area contributed by atoms with Gasteiger partial charge in [0, 0.05) is 50.4 Å². The zero-order chi connectivity index (χ0) is 23.9. The minimum atomic E-state index is -0.241. The van der Waals surface area contributed by atoms with Gasteiger partial charge in [-0.3, -0.25) is 14.6 Å². The average molecular weight is 458 g/mol. The number of carbonyl (C=O) groups is 2. The Morgan fingerprint density at radius 2 is 1.85 bits per heavy atom. The molecule has 4 rings (SSSR count). The zero-order valence-corrected chi connectivity index (χ0v) is 19.0. The number of carbonyl (C=O) groups excluding carboxylic acids is 2. The van der Waals surface area contributed by atoms with E-state index in [-0.39, 0.29) is 25.0 Å². The molecule has 0 unspecified atom stereocenters. The number of imidazole rings is 1. The topological polar surface area (TPSA) is 100 Å². The summed E-state index contributed by atoms with van der Waals surface area (Å²) in [5, 5.41) is 12.4. The summed E-state index contributed by atoms with van der Waals surface area (Å²) in [6.45, 7) is 2.47. The number of rotatable bonds is 9. The third-order valence-corrected chi connectivity index (χ3v) is 5.48.